The fourth-order valence-corrected chi connectivity index (χ4v) is 2.82. The minimum atomic E-state index is -1.86. The topological polar surface area (TPSA) is 119 Å². The van der Waals surface area contributed by atoms with Crippen molar-refractivity contribution in [1.29, 1.82) is 0 Å². The monoisotopic (exact) mass is 462 g/mol. The Bertz CT molecular complexity index is 886. The number of hydrogen-bond acceptors (Lipinski definition) is 7. The fraction of sp³-hybridized carbons (Fsp3) is 0.421. The van der Waals surface area contributed by atoms with Gasteiger partial charge in [-0.05, 0) is 0 Å². The molecule has 32 heavy (non-hydrogen) atoms. The molecule has 13 heteroatoms. The number of nitrogens with zero attached hydrogens (tertiary/aromatic N) is 1. The molecule has 1 aliphatic heterocycles. The van der Waals surface area contributed by atoms with E-state index in [4.69, 9.17) is 4.74 Å². The average molecular weight is 462 g/mol. The third-order valence-corrected chi connectivity index (χ3v) is 4.52. The Balaban J connectivity index is 2.07. The van der Waals surface area contributed by atoms with Gasteiger partial charge < -0.3 is 24.5 Å². The summed E-state index contributed by atoms with van der Waals surface area (Å²) < 4.78 is 63.5. The van der Waals surface area contributed by atoms with E-state index in [2.05, 4.69) is 10.1 Å². The number of rotatable bonds is 9. The molecule has 9 nitrogen and oxygen atoms in total. The zero-order valence-electron chi connectivity index (χ0n) is 16.4. The molecule has 2 atom stereocenters. The predicted molar refractivity (Wildman–Crippen MR) is 96.3 cm³/mol. The molecule has 0 saturated carbocycles. The Morgan fingerprint density at radius 2 is 1.84 bits per heavy atom. The molecule has 1 N–H and O–H groups in total. The van der Waals surface area contributed by atoms with E-state index in [1.165, 1.54) is 0 Å². The second-order valence-corrected chi connectivity index (χ2v) is 6.69. The predicted octanol–water partition coefficient (Wildman–Crippen LogP) is -0.0614. The molecule has 1 heterocycles. The van der Waals surface area contributed by atoms with Crippen LogP contribution in [-0.2, 0) is 28.7 Å². The molecule has 2 amide bonds. The molecule has 0 spiro atoms. The molecule has 0 radical (unpaired) electrons. The van der Waals surface area contributed by atoms with Crippen LogP contribution in [0.1, 0.15) is 6.42 Å². The van der Waals surface area contributed by atoms with Crippen molar-refractivity contribution in [3.63, 3.8) is 0 Å². The van der Waals surface area contributed by atoms with E-state index >= 15 is 0 Å². The largest absolute Gasteiger partial charge is 0.479 e. The molecule has 174 valence electrons. The lowest BCUT2D eigenvalue weighted by Gasteiger charge is -2.23. The van der Waals surface area contributed by atoms with Crippen molar-refractivity contribution in [2.45, 2.75) is 12.5 Å². The van der Waals surface area contributed by atoms with Gasteiger partial charge in [-0.2, -0.15) is 8.78 Å². The number of nitrogens with one attached hydrogen (secondary N) is 1. The van der Waals surface area contributed by atoms with E-state index in [1.54, 1.807) is 0 Å². The van der Waals surface area contributed by atoms with Gasteiger partial charge in [-0.3, -0.25) is 19.2 Å². The summed E-state index contributed by atoms with van der Waals surface area (Å²) in [5.74, 6) is -12.4. The van der Waals surface area contributed by atoms with E-state index in [9.17, 15) is 41.5 Å². The number of amides is 2. The summed E-state index contributed by atoms with van der Waals surface area (Å²) in [6, 6.07) is -1.54. The van der Waals surface area contributed by atoms with Crippen LogP contribution in [0.4, 0.5) is 17.6 Å². The van der Waals surface area contributed by atoms with Crippen LogP contribution in [0, 0.1) is 29.2 Å². The van der Waals surface area contributed by atoms with Crippen molar-refractivity contribution in [2.75, 3.05) is 32.9 Å². The van der Waals surface area contributed by atoms with Crippen LogP contribution in [0.15, 0.2) is 6.07 Å². The summed E-state index contributed by atoms with van der Waals surface area (Å²) in [6.07, 6.45) is -0.178. The number of carbonyl (C=O) groups is 5. The van der Waals surface area contributed by atoms with Gasteiger partial charge in [-0.25, -0.2) is 8.78 Å². The molecule has 0 aliphatic carbocycles. The van der Waals surface area contributed by atoms with E-state index < -0.39 is 71.6 Å². The lowest BCUT2D eigenvalue weighted by atomic mass is 10.1. The summed E-state index contributed by atoms with van der Waals surface area (Å²) >= 11 is 0. The minimum Gasteiger partial charge on any atom is -0.479 e. The van der Waals surface area contributed by atoms with Gasteiger partial charge in [0.15, 0.2) is 23.2 Å². The Morgan fingerprint density at radius 3 is 2.44 bits per heavy atom. The van der Waals surface area contributed by atoms with Crippen LogP contribution in [0.5, 0.6) is 5.75 Å². The highest BCUT2D eigenvalue weighted by Crippen LogP contribution is 2.26. The SMILES string of the molecule is O=CCC(NC(=O)C1COCCN(C(=O)C=O)C1)C(=O)COc1c(F)c(F)cc(F)c1F. The first-order valence-corrected chi connectivity index (χ1v) is 9.23. The van der Waals surface area contributed by atoms with Gasteiger partial charge in [0.25, 0.3) is 5.91 Å². The van der Waals surface area contributed by atoms with Gasteiger partial charge in [0.2, 0.25) is 23.8 Å². The van der Waals surface area contributed by atoms with E-state index in [0.717, 1.165) is 4.90 Å². The zero-order valence-corrected chi connectivity index (χ0v) is 16.4. The number of ketones is 1. The quantitative estimate of drug-likeness (QED) is 0.236. The summed E-state index contributed by atoms with van der Waals surface area (Å²) in [7, 11) is 0. The Labute approximate surface area is 178 Å². The molecule has 1 fully saturated rings. The highest BCUT2D eigenvalue weighted by atomic mass is 19.2. The van der Waals surface area contributed by atoms with Crippen LogP contribution in [0.2, 0.25) is 0 Å². The number of benzene rings is 1. The second kappa shape index (κ2) is 11.3. The number of halogens is 4. The van der Waals surface area contributed by atoms with Crippen LogP contribution in [0.3, 0.4) is 0 Å². The molecule has 0 aromatic heterocycles. The van der Waals surface area contributed by atoms with Gasteiger partial charge in [-0.15, -0.1) is 0 Å². The Hall–Kier alpha value is -3.35. The van der Waals surface area contributed by atoms with Crippen molar-refractivity contribution in [1.82, 2.24) is 10.2 Å². The molecular formula is C19H18F4N2O7. The first-order valence-electron chi connectivity index (χ1n) is 9.23. The van der Waals surface area contributed by atoms with Gasteiger partial charge in [0, 0.05) is 25.6 Å². The van der Waals surface area contributed by atoms with E-state index in [0.29, 0.717) is 0 Å². The Kier molecular flexibility index (Phi) is 8.81. The molecule has 1 aliphatic rings. The van der Waals surface area contributed by atoms with Gasteiger partial charge in [0.1, 0.15) is 12.9 Å². The number of carbonyl (C=O) groups excluding carboxylic acids is 5. The van der Waals surface area contributed by atoms with Crippen molar-refractivity contribution in [3.8, 4) is 5.75 Å². The third-order valence-electron chi connectivity index (χ3n) is 4.52. The first-order chi connectivity index (χ1) is 15.2. The van der Waals surface area contributed by atoms with Crippen molar-refractivity contribution < 1.29 is 51.0 Å². The van der Waals surface area contributed by atoms with E-state index in [-0.39, 0.29) is 44.9 Å². The molecule has 1 aromatic rings. The minimum absolute atomic E-state index is 0.0395. The van der Waals surface area contributed by atoms with Gasteiger partial charge in [-0.1, -0.05) is 0 Å². The van der Waals surface area contributed by atoms with Crippen molar-refractivity contribution in [3.05, 3.63) is 29.3 Å². The Morgan fingerprint density at radius 1 is 1.19 bits per heavy atom. The van der Waals surface area contributed by atoms with Crippen LogP contribution >= 0.6 is 0 Å². The fourth-order valence-electron chi connectivity index (χ4n) is 2.82. The summed E-state index contributed by atoms with van der Waals surface area (Å²) in [6.45, 7) is -1.33. The number of Topliss-reactive ketones (excluding diaryl/α,β-unsaturated/α-hetero) is 1. The summed E-state index contributed by atoms with van der Waals surface area (Å²) in [4.78, 5) is 59.1. The third kappa shape index (κ3) is 6.09. The van der Waals surface area contributed by atoms with Crippen LogP contribution in [0.25, 0.3) is 0 Å². The van der Waals surface area contributed by atoms with Crippen LogP contribution in [-0.4, -0.2) is 74.0 Å². The maximum absolute atomic E-state index is 13.6. The highest BCUT2D eigenvalue weighted by molar-refractivity contribution is 6.23. The maximum atomic E-state index is 13.6. The summed E-state index contributed by atoms with van der Waals surface area (Å²) in [5, 5.41) is 2.24. The maximum Gasteiger partial charge on any atom is 0.286 e. The molecule has 2 rings (SSSR count). The molecular weight excluding hydrogens is 444 g/mol. The molecule has 2 unspecified atom stereocenters. The summed E-state index contributed by atoms with van der Waals surface area (Å²) in [5.41, 5.74) is 0. The number of aldehydes is 2. The second-order valence-electron chi connectivity index (χ2n) is 6.69. The highest BCUT2D eigenvalue weighted by Gasteiger charge is 2.31. The van der Waals surface area contributed by atoms with Gasteiger partial charge >= 0.3 is 0 Å². The lowest BCUT2D eigenvalue weighted by molar-refractivity contribution is -0.140. The lowest BCUT2D eigenvalue weighted by Crippen LogP contribution is -2.49. The molecule has 1 aromatic carbocycles. The molecule has 0 bridgehead atoms. The number of hydrogen-bond donors (Lipinski definition) is 1. The average Bonchev–Trinajstić information content (AvgIpc) is 3.03. The molecule has 1 saturated heterocycles. The standard InChI is InChI=1S/C19H18F4N2O7/c20-11-5-12(21)17(23)18(16(11)22)32-9-14(28)13(1-3-26)24-19(30)10-6-25(15(29)7-27)2-4-31-8-10/h3,5,7,10,13H,1-2,4,6,8-9H2,(H,24,30). The first kappa shape index (κ1) is 24.9. The van der Waals surface area contributed by atoms with Crippen LogP contribution < -0.4 is 10.1 Å². The normalized spacial score (nSPS) is 17.1. The number of ether oxygens (including phenoxy) is 2. The van der Waals surface area contributed by atoms with Crippen molar-refractivity contribution in [2.24, 2.45) is 5.92 Å². The van der Waals surface area contributed by atoms with Gasteiger partial charge in [0.05, 0.1) is 25.2 Å². The van der Waals surface area contributed by atoms with Crippen molar-refractivity contribution >= 4 is 30.2 Å². The van der Waals surface area contributed by atoms with E-state index in [1.807, 2.05) is 0 Å². The smallest absolute Gasteiger partial charge is 0.286 e. The zero-order chi connectivity index (χ0) is 23.8.